The van der Waals surface area contributed by atoms with Crippen molar-refractivity contribution >= 4 is 22.4 Å². The van der Waals surface area contributed by atoms with Crippen LogP contribution in [0, 0.1) is 11.3 Å². The summed E-state index contributed by atoms with van der Waals surface area (Å²) in [5.74, 6) is -1.20. The number of rotatable bonds is 2. The van der Waals surface area contributed by atoms with Crippen LogP contribution in [-0.4, -0.2) is 35.4 Å². The summed E-state index contributed by atoms with van der Waals surface area (Å²) in [6, 6.07) is 15.5. The number of ether oxygens (including phenoxy) is 2. The van der Waals surface area contributed by atoms with Crippen molar-refractivity contribution in [1.82, 2.24) is 0 Å². The predicted octanol–water partition coefficient (Wildman–Crippen LogP) is 2.83. The normalized spacial score (nSPS) is 17.2. The van der Waals surface area contributed by atoms with Crippen LogP contribution in [0.25, 0.3) is 0 Å². The molecule has 1 heterocycles. The second-order valence-corrected chi connectivity index (χ2v) is 8.37. The molecule has 0 amide bonds. The highest BCUT2D eigenvalue weighted by Gasteiger charge is 2.43. The Hall–Kier alpha value is -3.70. The van der Waals surface area contributed by atoms with Gasteiger partial charge in [0, 0.05) is 34.4 Å². The van der Waals surface area contributed by atoms with E-state index in [9.17, 15) is 19.1 Å². The molecule has 1 aliphatic heterocycles. The van der Waals surface area contributed by atoms with Crippen molar-refractivity contribution in [3.05, 3.63) is 88.0 Å². The predicted molar refractivity (Wildman–Crippen MR) is 116 cm³/mol. The lowest BCUT2D eigenvalue weighted by molar-refractivity contribution is 0.0897. The van der Waals surface area contributed by atoms with Crippen LogP contribution in [-0.2, 0) is 15.5 Å². The van der Waals surface area contributed by atoms with Crippen LogP contribution in [0.5, 0.6) is 5.75 Å². The zero-order chi connectivity index (χ0) is 22.7. The zero-order valence-electron chi connectivity index (χ0n) is 17.2. The summed E-state index contributed by atoms with van der Waals surface area (Å²) in [6.07, 6.45) is 3.28. The number of carbonyl (C=O) groups excluding carboxylic acids is 2. The van der Waals surface area contributed by atoms with Crippen molar-refractivity contribution in [2.45, 2.75) is 5.92 Å². The van der Waals surface area contributed by atoms with E-state index in [1.165, 1.54) is 0 Å². The third-order valence-corrected chi connectivity index (χ3v) is 4.74. The first-order chi connectivity index (χ1) is 14.8. The molecule has 0 aromatic heterocycles. The quantitative estimate of drug-likeness (QED) is 0.769. The lowest BCUT2D eigenvalue weighted by Crippen LogP contribution is -2.32. The third-order valence-electron chi connectivity index (χ3n) is 4.74. The molecular formula is C23H20N2O5S. The van der Waals surface area contributed by atoms with Crippen molar-refractivity contribution in [3.8, 4) is 11.8 Å². The Bertz CT molecular complexity index is 1190. The molecular weight excluding hydrogens is 416 g/mol. The van der Waals surface area contributed by atoms with E-state index in [4.69, 9.17) is 15.2 Å². The van der Waals surface area contributed by atoms with E-state index in [0.29, 0.717) is 16.9 Å². The maximum absolute atomic E-state index is 13.2. The minimum atomic E-state index is -0.783. The molecule has 1 aliphatic carbocycles. The van der Waals surface area contributed by atoms with Gasteiger partial charge in [0.1, 0.15) is 17.4 Å². The molecule has 2 aliphatic rings. The van der Waals surface area contributed by atoms with Crippen LogP contribution in [0.4, 0.5) is 0 Å². The number of hydrogen-bond acceptors (Lipinski definition) is 7. The number of ketones is 2. The molecule has 158 valence electrons. The average molecular weight is 436 g/mol. The zero-order valence-corrected chi connectivity index (χ0v) is 18.0. The summed E-state index contributed by atoms with van der Waals surface area (Å²) < 4.78 is 20.2. The van der Waals surface area contributed by atoms with Gasteiger partial charge < -0.3 is 15.2 Å². The van der Waals surface area contributed by atoms with Crippen molar-refractivity contribution in [3.63, 3.8) is 0 Å². The number of nitrogens with two attached hydrogens (primary N) is 1. The molecule has 31 heavy (non-hydrogen) atoms. The highest BCUT2D eigenvalue weighted by Crippen LogP contribution is 2.44. The smallest absolute Gasteiger partial charge is 0.229 e. The number of hydrogen-bond donors (Lipinski definition) is 1. The Labute approximate surface area is 182 Å². The molecule has 0 unspecified atom stereocenters. The lowest BCUT2D eigenvalue weighted by atomic mass is 9.75. The molecule has 0 radical (unpaired) electrons. The Morgan fingerprint density at radius 1 is 1.03 bits per heavy atom. The molecule has 2 aromatic rings. The summed E-state index contributed by atoms with van der Waals surface area (Å²) in [4.78, 5) is 26.1. The lowest BCUT2D eigenvalue weighted by Gasteiger charge is -2.30. The summed E-state index contributed by atoms with van der Waals surface area (Å²) >= 11 is 0. The van der Waals surface area contributed by atoms with Crippen LogP contribution in [0.1, 0.15) is 32.2 Å². The first-order valence-corrected chi connectivity index (χ1v) is 11.2. The second-order valence-electron chi connectivity index (χ2n) is 6.89. The monoisotopic (exact) mass is 436 g/mol. The topological polar surface area (TPSA) is 119 Å². The maximum Gasteiger partial charge on any atom is 0.229 e. The standard InChI is InChI=1S/C21H14N2O4.C2H6OS/c1-26-12-8-6-11(7-9-12)16-15(10-22)21(23)27-20-17(16)18(24)13-4-2-3-5-14(13)19(20)25;1-4(2)3/h2-9,16H,23H2,1H3;1-2H3/t16-;/m1./s1. The van der Waals surface area contributed by atoms with E-state index in [1.54, 1.807) is 68.2 Å². The fraction of sp³-hybridized carbons (Fsp3) is 0.174. The van der Waals surface area contributed by atoms with E-state index < -0.39 is 22.5 Å². The van der Waals surface area contributed by atoms with Crippen LogP contribution < -0.4 is 10.5 Å². The van der Waals surface area contributed by atoms with Gasteiger partial charge in [0.15, 0.2) is 11.5 Å². The summed E-state index contributed by atoms with van der Waals surface area (Å²) in [6.45, 7) is 0. The van der Waals surface area contributed by atoms with Gasteiger partial charge >= 0.3 is 0 Å². The molecule has 4 rings (SSSR count). The third kappa shape index (κ3) is 4.13. The molecule has 1 atom stereocenters. The van der Waals surface area contributed by atoms with E-state index in [1.807, 2.05) is 6.07 Å². The van der Waals surface area contributed by atoms with Gasteiger partial charge in [0.25, 0.3) is 0 Å². The fourth-order valence-electron chi connectivity index (χ4n) is 3.44. The van der Waals surface area contributed by atoms with E-state index in [-0.39, 0.29) is 34.1 Å². The number of Topliss-reactive ketones (excluding diaryl/α,β-unsaturated/α-hetero) is 2. The van der Waals surface area contributed by atoms with E-state index in [0.717, 1.165) is 0 Å². The van der Waals surface area contributed by atoms with Crippen LogP contribution in [0.15, 0.2) is 71.3 Å². The van der Waals surface area contributed by atoms with E-state index >= 15 is 0 Å². The Morgan fingerprint density at radius 3 is 2.10 bits per heavy atom. The van der Waals surface area contributed by atoms with Crippen LogP contribution in [0.2, 0.25) is 0 Å². The molecule has 7 nitrogen and oxygen atoms in total. The van der Waals surface area contributed by atoms with Crippen LogP contribution in [0.3, 0.4) is 0 Å². The highest BCUT2D eigenvalue weighted by atomic mass is 32.2. The van der Waals surface area contributed by atoms with Gasteiger partial charge in [-0.2, -0.15) is 5.26 Å². The summed E-state index contributed by atoms with van der Waals surface area (Å²) in [7, 11) is 0.933. The summed E-state index contributed by atoms with van der Waals surface area (Å²) in [5, 5.41) is 9.62. The van der Waals surface area contributed by atoms with E-state index in [2.05, 4.69) is 0 Å². The molecule has 2 aromatic carbocycles. The maximum atomic E-state index is 13.2. The number of carbonyl (C=O) groups is 2. The number of fused-ring (bicyclic) bond motifs is 1. The number of nitriles is 1. The molecule has 0 saturated heterocycles. The largest absolute Gasteiger partial charge is 0.497 e. The van der Waals surface area contributed by atoms with Crippen molar-refractivity contribution in [2.24, 2.45) is 5.73 Å². The molecule has 0 saturated carbocycles. The Kier molecular flexibility index (Phi) is 6.37. The molecule has 0 bridgehead atoms. The SMILES string of the molecule is COc1ccc([C@@H]2C(C#N)=C(N)OC3=C2C(=O)c2ccccc2C3=O)cc1.CS(C)=O. The van der Waals surface area contributed by atoms with Crippen LogP contribution >= 0.6 is 0 Å². The number of allylic oxidation sites excluding steroid dienone is 3. The molecule has 2 N–H and O–H groups in total. The number of nitrogens with zero attached hydrogens (tertiary/aromatic N) is 1. The fourth-order valence-corrected chi connectivity index (χ4v) is 3.44. The first-order valence-electron chi connectivity index (χ1n) is 9.19. The average Bonchev–Trinajstić information content (AvgIpc) is 2.76. The molecule has 8 heteroatoms. The number of benzene rings is 2. The molecule has 0 spiro atoms. The minimum absolute atomic E-state index is 0.0967. The Balaban J connectivity index is 0.000000628. The van der Waals surface area contributed by atoms with Gasteiger partial charge in [0.05, 0.1) is 18.6 Å². The van der Waals surface area contributed by atoms with Gasteiger partial charge in [-0.05, 0) is 17.7 Å². The Morgan fingerprint density at radius 2 is 1.58 bits per heavy atom. The minimum Gasteiger partial charge on any atom is -0.497 e. The molecule has 0 fully saturated rings. The van der Waals surface area contributed by atoms with Gasteiger partial charge in [-0.1, -0.05) is 36.4 Å². The van der Waals surface area contributed by atoms with Gasteiger partial charge in [-0.15, -0.1) is 0 Å². The van der Waals surface area contributed by atoms with Crippen molar-refractivity contribution in [2.75, 3.05) is 19.6 Å². The van der Waals surface area contributed by atoms with Gasteiger partial charge in [-0.25, -0.2) is 0 Å². The second kappa shape index (κ2) is 8.98. The van der Waals surface area contributed by atoms with Crippen molar-refractivity contribution < 1.29 is 23.3 Å². The van der Waals surface area contributed by atoms with Gasteiger partial charge in [0.2, 0.25) is 11.7 Å². The summed E-state index contributed by atoms with van der Waals surface area (Å²) in [5.41, 5.74) is 7.36. The number of methoxy groups -OCH3 is 1. The highest BCUT2D eigenvalue weighted by molar-refractivity contribution is 7.83. The van der Waals surface area contributed by atoms with Crippen molar-refractivity contribution in [1.29, 1.82) is 5.26 Å². The van der Waals surface area contributed by atoms with Gasteiger partial charge in [-0.3, -0.25) is 13.8 Å². The first kappa shape index (κ1) is 22.0.